The lowest BCUT2D eigenvalue weighted by molar-refractivity contribution is 0.0927. The molecule has 1 N–H and O–H groups in total. The second-order valence-corrected chi connectivity index (χ2v) is 6.46. The fraction of sp³-hybridized carbons (Fsp3) is 0.316. The molecule has 0 saturated heterocycles. The standard InChI is InChI=1S/C19H21ClN4O3/c1-4-24-16(9-10-21-24)12(2)22-19(25)18-14(13(3)27-23-18)11-26-17-8-6-5-7-15(17)20/h5-10,12H,4,11H2,1-3H3,(H,22,25). The maximum Gasteiger partial charge on any atom is 0.274 e. The van der Waals surface area contributed by atoms with E-state index >= 15 is 0 Å². The monoisotopic (exact) mass is 388 g/mol. The average molecular weight is 389 g/mol. The van der Waals surface area contributed by atoms with Crippen molar-refractivity contribution in [1.82, 2.24) is 20.3 Å². The number of aryl methyl sites for hydroxylation is 2. The SMILES string of the molecule is CCn1nccc1C(C)NC(=O)c1noc(C)c1COc1ccccc1Cl. The Morgan fingerprint density at radius 2 is 2.15 bits per heavy atom. The van der Waals surface area contributed by atoms with Crippen LogP contribution in [0.2, 0.25) is 5.02 Å². The zero-order valence-electron chi connectivity index (χ0n) is 15.4. The lowest BCUT2D eigenvalue weighted by Gasteiger charge is -2.15. The van der Waals surface area contributed by atoms with Crippen LogP contribution in [0.4, 0.5) is 0 Å². The van der Waals surface area contributed by atoms with Crippen molar-refractivity contribution in [1.29, 1.82) is 0 Å². The van der Waals surface area contributed by atoms with Gasteiger partial charge in [-0.2, -0.15) is 5.10 Å². The molecule has 0 radical (unpaired) electrons. The van der Waals surface area contributed by atoms with E-state index < -0.39 is 0 Å². The lowest BCUT2D eigenvalue weighted by atomic mass is 10.1. The molecule has 0 saturated carbocycles. The topological polar surface area (TPSA) is 82.2 Å². The molecule has 1 amide bonds. The molecule has 7 nitrogen and oxygen atoms in total. The first-order valence-corrected chi connectivity index (χ1v) is 9.04. The number of nitrogens with zero attached hydrogens (tertiary/aromatic N) is 3. The van der Waals surface area contributed by atoms with E-state index in [4.69, 9.17) is 20.9 Å². The van der Waals surface area contributed by atoms with Gasteiger partial charge in [0.2, 0.25) is 0 Å². The van der Waals surface area contributed by atoms with Crippen LogP contribution in [-0.4, -0.2) is 20.8 Å². The fourth-order valence-electron chi connectivity index (χ4n) is 2.77. The number of nitrogens with one attached hydrogen (secondary N) is 1. The summed E-state index contributed by atoms with van der Waals surface area (Å²) in [7, 11) is 0. The zero-order chi connectivity index (χ0) is 19.4. The van der Waals surface area contributed by atoms with E-state index in [1.165, 1.54) is 0 Å². The summed E-state index contributed by atoms with van der Waals surface area (Å²) in [6.07, 6.45) is 1.71. The van der Waals surface area contributed by atoms with Crippen molar-refractivity contribution in [3.8, 4) is 5.75 Å². The quantitative estimate of drug-likeness (QED) is 0.663. The number of benzene rings is 1. The maximum atomic E-state index is 12.7. The molecular formula is C19H21ClN4O3. The molecule has 0 bridgehead atoms. The molecule has 1 atom stereocenters. The van der Waals surface area contributed by atoms with Gasteiger partial charge in [-0.1, -0.05) is 28.9 Å². The number of rotatable bonds is 7. The van der Waals surface area contributed by atoms with Gasteiger partial charge in [0.15, 0.2) is 5.69 Å². The number of carbonyl (C=O) groups excluding carboxylic acids is 1. The third-order valence-corrected chi connectivity index (χ3v) is 4.56. The summed E-state index contributed by atoms with van der Waals surface area (Å²) in [6, 6.07) is 8.80. The molecule has 0 spiro atoms. The van der Waals surface area contributed by atoms with Crippen LogP contribution in [0.15, 0.2) is 41.1 Å². The van der Waals surface area contributed by atoms with Crippen molar-refractivity contribution in [3.63, 3.8) is 0 Å². The van der Waals surface area contributed by atoms with E-state index in [2.05, 4.69) is 15.6 Å². The Hall–Kier alpha value is -2.80. The summed E-state index contributed by atoms with van der Waals surface area (Å²) in [5.41, 5.74) is 1.71. The second kappa shape index (κ2) is 8.26. The van der Waals surface area contributed by atoms with Gasteiger partial charge < -0.3 is 14.6 Å². The number of para-hydroxylation sites is 1. The molecule has 0 aliphatic heterocycles. The highest BCUT2D eigenvalue weighted by Gasteiger charge is 2.23. The van der Waals surface area contributed by atoms with E-state index in [-0.39, 0.29) is 24.2 Å². The largest absolute Gasteiger partial charge is 0.487 e. The van der Waals surface area contributed by atoms with Gasteiger partial charge in [-0.15, -0.1) is 0 Å². The van der Waals surface area contributed by atoms with E-state index in [1.807, 2.05) is 36.7 Å². The molecule has 2 heterocycles. The van der Waals surface area contributed by atoms with Crippen molar-refractivity contribution in [2.45, 2.75) is 40.0 Å². The molecule has 27 heavy (non-hydrogen) atoms. The first-order valence-electron chi connectivity index (χ1n) is 8.66. The minimum absolute atomic E-state index is 0.128. The highest BCUT2D eigenvalue weighted by atomic mass is 35.5. The fourth-order valence-corrected chi connectivity index (χ4v) is 2.96. The summed E-state index contributed by atoms with van der Waals surface area (Å²) >= 11 is 6.11. The van der Waals surface area contributed by atoms with Crippen LogP contribution in [-0.2, 0) is 13.2 Å². The van der Waals surface area contributed by atoms with Crippen LogP contribution in [0.5, 0.6) is 5.75 Å². The van der Waals surface area contributed by atoms with Gasteiger partial charge in [-0.05, 0) is 39.0 Å². The Labute approximate surface area is 162 Å². The molecule has 0 fully saturated rings. The number of aromatic nitrogens is 3. The van der Waals surface area contributed by atoms with Gasteiger partial charge in [0, 0.05) is 12.7 Å². The van der Waals surface area contributed by atoms with Crippen molar-refractivity contribution in [3.05, 3.63) is 64.3 Å². The highest BCUT2D eigenvalue weighted by Crippen LogP contribution is 2.25. The predicted molar refractivity (Wildman–Crippen MR) is 101 cm³/mol. The van der Waals surface area contributed by atoms with E-state index in [9.17, 15) is 4.79 Å². The van der Waals surface area contributed by atoms with Gasteiger partial charge >= 0.3 is 0 Å². The first-order chi connectivity index (χ1) is 13.0. The lowest BCUT2D eigenvalue weighted by Crippen LogP contribution is -2.29. The Morgan fingerprint density at radius 3 is 2.89 bits per heavy atom. The van der Waals surface area contributed by atoms with E-state index in [1.54, 1.807) is 25.3 Å². The van der Waals surface area contributed by atoms with Gasteiger partial charge in [0.25, 0.3) is 5.91 Å². The van der Waals surface area contributed by atoms with Crippen LogP contribution in [0.3, 0.4) is 0 Å². The number of ether oxygens (including phenoxy) is 1. The first kappa shape index (κ1) is 19.0. The highest BCUT2D eigenvalue weighted by molar-refractivity contribution is 6.32. The summed E-state index contributed by atoms with van der Waals surface area (Å²) in [5, 5.41) is 11.6. The second-order valence-electron chi connectivity index (χ2n) is 6.05. The van der Waals surface area contributed by atoms with Crippen molar-refractivity contribution >= 4 is 17.5 Å². The molecule has 1 unspecified atom stereocenters. The molecule has 142 valence electrons. The summed E-state index contributed by atoms with van der Waals surface area (Å²) < 4.78 is 12.8. The molecule has 3 rings (SSSR count). The van der Waals surface area contributed by atoms with Crippen molar-refractivity contribution in [2.24, 2.45) is 0 Å². The minimum Gasteiger partial charge on any atom is -0.487 e. The van der Waals surface area contributed by atoms with Gasteiger partial charge in [0.1, 0.15) is 18.1 Å². The van der Waals surface area contributed by atoms with Gasteiger partial charge in [-0.25, -0.2) is 0 Å². The third kappa shape index (κ3) is 4.14. The Balaban J connectivity index is 1.73. The maximum absolute atomic E-state index is 12.7. The average Bonchev–Trinajstić information content (AvgIpc) is 3.27. The Kier molecular flexibility index (Phi) is 5.81. The van der Waals surface area contributed by atoms with Crippen LogP contribution in [0, 0.1) is 6.92 Å². The summed E-state index contributed by atoms with van der Waals surface area (Å²) in [5.74, 6) is 0.728. The van der Waals surface area contributed by atoms with Crippen molar-refractivity contribution in [2.75, 3.05) is 0 Å². The Bertz CT molecular complexity index is 935. The number of amides is 1. The number of carbonyl (C=O) groups is 1. The normalized spacial score (nSPS) is 12.0. The molecule has 0 aliphatic carbocycles. The van der Waals surface area contributed by atoms with E-state index in [0.29, 0.717) is 22.1 Å². The third-order valence-electron chi connectivity index (χ3n) is 4.25. The predicted octanol–water partition coefficient (Wildman–Crippen LogP) is 3.92. The number of halogens is 1. The Morgan fingerprint density at radius 1 is 1.37 bits per heavy atom. The number of hydrogen-bond donors (Lipinski definition) is 1. The minimum atomic E-state index is -0.332. The molecule has 8 heteroatoms. The molecule has 1 aromatic carbocycles. The van der Waals surface area contributed by atoms with Crippen LogP contribution >= 0.6 is 11.6 Å². The van der Waals surface area contributed by atoms with Gasteiger partial charge in [0.05, 0.1) is 22.3 Å². The smallest absolute Gasteiger partial charge is 0.274 e. The van der Waals surface area contributed by atoms with Gasteiger partial charge in [-0.3, -0.25) is 9.48 Å². The molecule has 2 aromatic heterocycles. The zero-order valence-corrected chi connectivity index (χ0v) is 16.2. The van der Waals surface area contributed by atoms with Crippen molar-refractivity contribution < 1.29 is 14.1 Å². The summed E-state index contributed by atoms with van der Waals surface area (Å²) in [6.45, 7) is 6.49. The number of hydrogen-bond acceptors (Lipinski definition) is 5. The van der Waals surface area contributed by atoms with Crippen LogP contribution in [0.25, 0.3) is 0 Å². The molecular weight excluding hydrogens is 368 g/mol. The molecule has 3 aromatic rings. The van der Waals surface area contributed by atoms with Crippen LogP contribution < -0.4 is 10.1 Å². The van der Waals surface area contributed by atoms with Crippen LogP contribution in [0.1, 0.15) is 47.4 Å². The molecule has 0 aliphatic rings. The summed E-state index contributed by atoms with van der Waals surface area (Å²) in [4.78, 5) is 12.7. The van der Waals surface area contributed by atoms with E-state index in [0.717, 1.165) is 12.2 Å².